The smallest absolute Gasteiger partial charge is 0.406 e. The van der Waals surface area contributed by atoms with Crippen molar-refractivity contribution in [2.24, 2.45) is 5.73 Å². The molecule has 4 aromatic carbocycles. The van der Waals surface area contributed by atoms with E-state index in [-0.39, 0.29) is 6.54 Å². The van der Waals surface area contributed by atoms with Gasteiger partial charge in [0, 0.05) is 18.2 Å². The molecule has 0 bridgehead atoms. The minimum atomic E-state index is -4.62. The summed E-state index contributed by atoms with van der Waals surface area (Å²) >= 11 is 0. The Bertz CT molecular complexity index is 1720. The van der Waals surface area contributed by atoms with Crippen LogP contribution in [0.25, 0.3) is 11.1 Å². The van der Waals surface area contributed by atoms with Gasteiger partial charge in [-0.25, -0.2) is 0 Å². The summed E-state index contributed by atoms with van der Waals surface area (Å²) < 4.78 is 54.7. The molecule has 0 unspecified atom stereocenters. The van der Waals surface area contributed by atoms with Gasteiger partial charge < -0.3 is 20.1 Å². The predicted octanol–water partition coefficient (Wildman–Crippen LogP) is 10.1. The van der Waals surface area contributed by atoms with Crippen LogP contribution in [0.15, 0.2) is 91.0 Å². The fraction of sp³-hybridized carbons (Fsp3) is 0.419. The number of benzene rings is 4. The molecule has 0 atom stereocenters. The van der Waals surface area contributed by atoms with Crippen molar-refractivity contribution in [3.05, 3.63) is 119 Å². The van der Waals surface area contributed by atoms with Gasteiger partial charge in [0.2, 0.25) is 5.91 Å². The summed E-state index contributed by atoms with van der Waals surface area (Å²) in [6, 6.07) is 28.9. The fourth-order valence-corrected chi connectivity index (χ4v) is 8.15. The van der Waals surface area contributed by atoms with Crippen molar-refractivity contribution in [2.45, 2.75) is 94.9 Å². The zero-order valence-corrected chi connectivity index (χ0v) is 29.5. The lowest BCUT2D eigenvalue weighted by molar-refractivity contribution is -0.165. The largest absolute Gasteiger partial charge is 0.496 e. The van der Waals surface area contributed by atoms with Gasteiger partial charge >= 0.3 is 6.18 Å². The van der Waals surface area contributed by atoms with E-state index in [2.05, 4.69) is 24.3 Å². The molecule has 1 amide bonds. The molecule has 8 heteroatoms. The Hall–Kier alpha value is -4.30. The Balaban J connectivity index is 1.24. The first kappa shape index (κ1) is 36.5. The Labute approximate surface area is 300 Å². The Morgan fingerprint density at radius 3 is 2.08 bits per heavy atom. The number of hydrogen-bond donors (Lipinski definition) is 1. The zero-order valence-electron chi connectivity index (χ0n) is 29.5. The Kier molecular flexibility index (Phi) is 11.7. The van der Waals surface area contributed by atoms with Crippen molar-refractivity contribution in [2.75, 3.05) is 20.2 Å². The number of carbonyl (C=O) groups excluding carboxylic acids is 1. The molecule has 1 saturated carbocycles. The molecular formula is C43H49F3N2O3. The molecule has 2 aliphatic carbocycles. The first-order valence-electron chi connectivity index (χ1n) is 18.4. The number of nitrogens with two attached hydrogens (primary N) is 1. The Morgan fingerprint density at radius 1 is 0.843 bits per heavy atom. The maximum absolute atomic E-state index is 14.9. The highest BCUT2D eigenvalue weighted by Gasteiger charge is 2.51. The van der Waals surface area contributed by atoms with Crippen molar-refractivity contribution < 1.29 is 27.4 Å². The minimum Gasteiger partial charge on any atom is -0.496 e. The molecule has 2 N–H and O–H groups in total. The summed E-state index contributed by atoms with van der Waals surface area (Å²) in [5.74, 6) is 0.918. The lowest BCUT2D eigenvalue weighted by Crippen LogP contribution is -2.49. The van der Waals surface area contributed by atoms with Crippen LogP contribution < -0.4 is 15.2 Å². The maximum Gasteiger partial charge on any atom is 0.406 e. The standard InChI is InChI=1S/C43H49F3N2O3/c1-50-40-27-35(51-29-31-19-21-33(22-20-31)32-13-5-3-2-4-6-14-32)24-23-34(40)28-48(30-43(44,45)46)41(49)42(25-11-12-26-47)38-17-9-7-15-36(38)37-16-8-10-18-39(37)42/h7-10,15-24,27,32H,2-6,11-14,25-26,28-30,47H2,1H3. The molecule has 5 nitrogen and oxygen atoms in total. The molecule has 4 aromatic rings. The molecule has 0 saturated heterocycles. The molecule has 0 aromatic heterocycles. The van der Waals surface area contributed by atoms with Crippen molar-refractivity contribution in [1.29, 1.82) is 0 Å². The van der Waals surface area contributed by atoms with Gasteiger partial charge in [0.25, 0.3) is 0 Å². The monoisotopic (exact) mass is 698 g/mol. The number of carbonyl (C=O) groups is 1. The average molecular weight is 699 g/mol. The van der Waals surface area contributed by atoms with Crippen LogP contribution in [-0.4, -0.2) is 37.2 Å². The summed E-state index contributed by atoms with van der Waals surface area (Å²) in [5, 5.41) is 0. The van der Waals surface area contributed by atoms with E-state index >= 15 is 0 Å². The maximum atomic E-state index is 14.9. The SMILES string of the molecule is COc1cc(OCc2ccc(C3CCCCCCC3)cc2)ccc1CN(CC(F)(F)F)C(=O)C1(CCCCN)c2ccccc2-c2ccccc21. The zero-order chi connectivity index (χ0) is 35.8. The van der Waals surface area contributed by atoms with E-state index in [1.54, 1.807) is 18.2 Å². The highest BCUT2D eigenvalue weighted by atomic mass is 19.4. The second kappa shape index (κ2) is 16.4. The lowest BCUT2D eigenvalue weighted by atomic mass is 9.73. The Morgan fingerprint density at radius 2 is 1.47 bits per heavy atom. The van der Waals surface area contributed by atoms with E-state index in [0.717, 1.165) is 32.7 Å². The van der Waals surface area contributed by atoms with Gasteiger partial charge in [-0.05, 0) is 83.7 Å². The quantitative estimate of drug-likeness (QED) is 0.141. The number of methoxy groups -OCH3 is 1. The molecule has 1 fully saturated rings. The first-order chi connectivity index (χ1) is 24.7. The number of fused-ring (bicyclic) bond motifs is 3. The van der Waals surface area contributed by atoms with Gasteiger partial charge in [0.05, 0.1) is 7.11 Å². The second-order valence-electron chi connectivity index (χ2n) is 14.1. The molecule has 0 aliphatic heterocycles. The van der Waals surface area contributed by atoms with Crippen LogP contribution in [0.2, 0.25) is 0 Å². The number of amides is 1. The first-order valence-corrected chi connectivity index (χ1v) is 18.4. The van der Waals surface area contributed by atoms with E-state index in [4.69, 9.17) is 15.2 Å². The van der Waals surface area contributed by atoms with Crippen LogP contribution in [-0.2, 0) is 23.4 Å². The summed E-state index contributed by atoms with van der Waals surface area (Å²) in [6.45, 7) is -0.909. The van der Waals surface area contributed by atoms with Gasteiger partial charge in [-0.1, -0.05) is 111 Å². The predicted molar refractivity (Wildman–Crippen MR) is 196 cm³/mol. The van der Waals surface area contributed by atoms with Gasteiger partial charge in [0.1, 0.15) is 30.1 Å². The number of alkyl halides is 3. The summed E-state index contributed by atoms with van der Waals surface area (Å²) in [7, 11) is 1.48. The van der Waals surface area contributed by atoms with Crippen molar-refractivity contribution in [3.63, 3.8) is 0 Å². The highest BCUT2D eigenvalue weighted by molar-refractivity contribution is 6.00. The average Bonchev–Trinajstić information content (AvgIpc) is 3.41. The third-order valence-corrected chi connectivity index (χ3v) is 10.7. The third kappa shape index (κ3) is 8.27. The van der Waals surface area contributed by atoms with Gasteiger partial charge in [-0.2, -0.15) is 13.2 Å². The molecule has 0 spiro atoms. The van der Waals surface area contributed by atoms with Crippen LogP contribution in [0.4, 0.5) is 13.2 Å². The van der Waals surface area contributed by atoms with E-state index in [1.165, 1.54) is 57.6 Å². The molecule has 51 heavy (non-hydrogen) atoms. The lowest BCUT2D eigenvalue weighted by Gasteiger charge is -2.37. The summed E-state index contributed by atoms with van der Waals surface area (Å²) in [5.41, 5.74) is 10.6. The van der Waals surface area contributed by atoms with E-state index in [9.17, 15) is 18.0 Å². The third-order valence-electron chi connectivity index (χ3n) is 10.7. The van der Waals surface area contributed by atoms with E-state index in [1.807, 2.05) is 48.5 Å². The number of nitrogens with zero attached hydrogens (tertiary/aromatic N) is 1. The summed E-state index contributed by atoms with van der Waals surface area (Å²) in [4.78, 5) is 15.8. The number of halogens is 3. The highest BCUT2D eigenvalue weighted by Crippen LogP contribution is 2.52. The van der Waals surface area contributed by atoms with Gasteiger partial charge in [-0.3, -0.25) is 4.79 Å². The normalized spacial score (nSPS) is 15.7. The van der Waals surface area contributed by atoms with Crippen LogP contribution in [0.1, 0.15) is 97.9 Å². The number of rotatable bonds is 13. The van der Waals surface area contributed by atoms with Crippen LogP contribution in [0.3, 0.4) is 0 Å². The molecule has 270 valence electrons. The number of ether oxygens (including phenoxy) is 2. The van der Waals surface area contributed by atoms with E-state index in [0.29, 0.717) is 55.4 Å². The fourth-order valence-electron chi connectivity index (χ4n) is 8.15. The van der Waals surface area contributed by atoms with Crippen LogP contribution in [0.5, 0.6) is 11.5 Å². The topological polar surface area (TPSA) is 64.8 Å². The number of hydrogen-bond acceptors (Lipinski definition) is 4. The van der Waals surface area contributed by atoms with Crippen LogP contribution in [0, 0.1) is 0 Å². The van der Waals surface area contributed by atoms with Gasteiger partial charge in [-0.15, -0.1) is 0 Å². The van der Waals surface area contributed by atoms with Crippen molar-refractivity contribution >= 4 is 5.91 Å². The second-order valence-corrected chi connectivity index (χ2v) is 14.1. The van der Waals surface area contributed by atoms with Crippen molar-refractivity contribution in [1.82, 2.24) is 4.90 Å². The van der Waals surface area contributed by atoms with Crippen LogP contribution >= 0.6 is 0 Å². The van der Waals surface area contributed by atoms with E-state index < -0.39 is 24.0 Å². The molecular weight excluding hydrogens is 649 g/mol. The molecule has 2 aliphatic rings. The van der Waals surface area contributed by atoms with Crippen molar-refractivity contribution in [3.8, 4) is 22.6 Å². The minimum absolute atomic E-state index is 0.284. The molecule has 0 heterocycles. The van der Waals surface area contributed by atoms with Gasteiger partial charge in [0.15, 0.2) is 0 Å². The summed E-state index contributed by atoms with van der Waals surface area (Å²) in [6.07, 6.45) is 6.00. The molecule has 6 rings (SSSR count). The molecule has 0 radical (unpaired) electrons. The number of unbranched alkanes of at least 4 members (excludes halogenated alkanes) is 1.